The minimum Gasteiger partial charge on any atom is -0.756 e. The molecule has 0 spiro atoms. The largest absolute Gasteiger partial charge is 0.756 e. The predicted octanol–water partition coefficient (Wildman–Crippen LogP) is 6.92. The number of nitrogens with zero attached hydrogens (tertiary/aromatic N) is 1. The molecule has 8 nitrogen and oxygen atoms in total. The van der Waals surface area contributed by atoms with Gasteiger partial charge in [-0.2, -0.15) is 4.91 Å². The van der Waals surface area contributed by atoms with Gasteiger partial charge in [0, 0.05) is 6.42 Å². The van der Waals surface area contributed by atoms with Crippen LogP contribution < -0.4 is 4.89 Å². The number of ether oxygens (including phenoxy) is 1. The van der Waals surface area contributed by atoms with Crippen molar-refractivity contribution >= 4 is 13.8 Å². The topological polar surface area (TPSA) is 114 Å². The molecule has 0 N–H and O–H groups in total. The van der Waals surface area contributed by atoms with Gasteiger partial charge in [-0.15, -0.1) is 0 Å². The average molecular weight is 515 g/mol. The van der Waals surface area contributed by atoms with E-state index in [0.717, 1.165) is 44.9 Å². The Bertz CT molecular complexity index is 668. The standard InChI is InChI=1S/C26H46NO7P/c1-24-19-17-15-13-11-9-7-5-3-2-4-6-8-10-12-14-16-18-20-25(23-26(28)33-24)34-35(30,31)32-22-21-27-29/h7,9,15,17,24-25H,2-6,8,10-14,16,18-23H2,1H3,(H,30,31)/p-1/b9-7-,17-15+/t24-,25-/m1/s1. The lowest BCUT2D eigenvalue weighted by Gasteiger charge is -2.28. The van der Waals surface area contributed by atoms with E-state index in [0.29, 0.717) is 12.8 Å². The number of hydrogen-bond donors (Lipinski definition) is 0. The number of esters is 1. The summed E-state index contributed by atoms with van der Waals surface area (Å²) < 4.78 is 27.4. The predicted molar refractivity (Wildman–Crippen MR) is 137 cm³/mol. The number of allylic oxidation sites excluding steroid dienone is 3. The molecule has 1 aliphatic heterocycles. The van der Waals surface area contributed by atoms with Crippen LogP contribution in [0.5, 0.6) is 0 Å². The molecule has 3 atom stereocenters. The van der Waals surface area contributed by atoms with E-state index in [4.69, 9.17) is 9.26 Å². The van der Waals surface area contributed by atoms with E-state index < -0.39 is 19.9 Å². The summed E-state index contributed by atoms with van der Waals surface area (Å²) in [6.45, 7) is 1.15. The number of nitroso groups, excluding NO2 is 1. The average Bonchev–Trinajstić information content (AvgIpc) is 2.79. The van der Waals surface area contributed by atoms with Gasteiger partial charge >= 0.3 is 5.97 Å². The number of hydrogen-bond acceptors (Lipinski definition) is 8. The summed E-state index contributed by atoms with van der Waals surface area (Å²) in [7, 11) is -4.65. The molecule has 0 saturated carbocycles. The van der Waals surface area contributed by atoms with E-state index in [9.17, 15) is 19.2 Å². The number of carbonyl (C=O) groups is 1. The highest BCUT2D eigenvalue weighted by Crippen LogP contribution is 2.41. The first kappa shape index (κ1) is 31.7. The second-order valence-electron chi connectivity index (χ2n) is 9.23. The van der Waals surface area contributed by atoms with Gasteiger partial charge in [-0.05, 0) is 39.0 Å². The number of phosphoric acid groups is 1. The summed E-state index contributed by atoms with van der Waals surface area (Å²) in [5.41, 5.74) is 0. The Balaban J connectivity index is 2.63. The van der Waals surface area contributed by atoms with E-state index in [-0.39, 0.29) is 25.7 Å². The van der Waals surface area contributed by atoms with Crippen molar-refractivity contribution in [2.24, 2.45) is 5.18 Å². The molecule has 1 heterocycles. The first-order valence-electron chi connectivity index (χ1n) is 13.4. The van der Waals surface area contributed by atoms with Crippen LogP contribution in [0.3, 0.4) is 0 Å². The third-order valence-corrected chi connectivity index (χ3v) is 6.94. The molecule has 0 amide bonds. The van der Waals surface area contributed by atoms with E-state index >= 15 is 0 Å². The van der Waals surface area contributed by atoms with Crippen LogP contribution in [-0.4, -0.2) is 31.3 Å². The van der Waals surface area contributed by atoms with Crippen LogP contribution in [0.25, 0.3) is 0 Å². The molecule has 0 fully saturated rings. The van der Waals surface area contributed by atoms with Crippen LogP contribution in [-0.2, 0) is 23.1 Å². The highest BCUT2D eigenvalue weighted by Gasteiger charge is 2.23. The highest BCUT2D eigenvalue weighted by atomic mass is 31.2. The Morgan fingerprint density at radius 1 is 0.943 bits per heavy atom. The molecular weight excluding hydrogens is 469 g/mol. The summed E-state index contributed by atoms with van der Waals surface area (Å²) in [6.07, 6.45) is 22.9. The molecular formula is C26H45NO7P-. The third-order valence-electron chi connectivity index (χ3n) is 5.89. The van der Waals surface area contributed by atoms with Crippen LogP contribution in [0.4, 0.5) is 0 Å². The normalized spacial score (nSPS) is 27.0. The quantitative estimate of drug-likeness (QED) is 0.124. The van der Waals surface area contributed by atoms with Gasteiger partial charge in [-0.3, -0.25) is 9.36 Å². The fourth-order valence-electron chi connectivity index (χ4n) is 3.98. The van der Waals surface area contributed by atoms with Crippen molar-refractivity contribution in [3.8, 4) is 0 Å². The highest BCUT2D eigenvalue weighted by molar-refractivity contribution is 7.45. The van der Waals surface area contributed by atoms with E-state index in [1.54, 1.807) is 0 Å². The second-order valence-corrected chi connectivity index (χ2v) is 10.6. The summed E-state index contributed by atoms with van der Waals surface area (Å²) in [4.78, 5) is 34.7. The molecule has 1 aliphatic rings. The van der Waals surface area contributed by atoms with Gasteiger partial charge in [0.15, 0.2) is 0 Å². The lowest BCUT2D eigenvalue weighted by Crippen LogP contribution is -2.24. The van der Waals surface area contributed by atoms with Crippen molar-refractivity contribution in [3.63, 3.8) is 0 Å². The third kappa shape index (κ3) is 19.5. The van der Waals surface area contributed by atoms with Gasteiger partial charge in [0.05, 0.1) is 19.1 Å². The van der Waals surface area contributed by atoms with Crippen molar-refractivity contribution in [2.75, 3.05) is 13.2 Å². The SMILES string of the molecule is C[C@@H]1C/C=C/CC/C=C\CCCCCCCCCCCC[C@@H](OP(=O)([O-])OCCN=O)CC(=O)O1. The van der Waals surface area contributed by atoms with Gasteiger partial charge in [-0.1, -0.05) is 87.3 Å². The fraction of sp³-hybridized carbons (Fsp3) is 0.808. The monoisotopic (exact) mass is 514 g/mol. The van der Waals surface area contributed by atoms with Crippen LogP contribution >= 0.6 is 7.82 Å². The molecule has 0 aromatic rings. The van der Waals surface area contributed by atoms with Crippen LogP contribution in [0.2, 0.25) is 0 Å². The zero-order valence-corrected chi connectivity index (χ0v) is 22.3. The molecule has 35 heavy (non-hydrogen) atoms. The van der Waals surface area contributed by atoms with Crippen molar-refractivity contribution in [1.29, 1.82) is 0 Å². The van der Waals surface area contributed by atoms with Crippen molar-refractivity contribution in [1.82, 2.24) is 0 Å². The molecule has 0 bridgehead atoms. The number of cyclic esters (lactones) is 1. The Morgan fingerprint density at radius 2 is 1.51 bits per heavy atom. The van der Waals surface area contributed by atoms with E-state index in [1.807, 2.05) is 13.0 Å². The Kier molecular flexibility index (Phi) is 18.8. The zero-order valence-electron chi connectivity index (χ0n) is 21.4. The van der Waals surface area contributed by atoms with Gasteiger partial charge in [0.2, 0.25) is 0 Å². The maximum absolute atomic E-state index is 12.4. The van der Waals surface area contributed by atoms with Crippen molar-refractivity contribution in [3.05, 3.63) is 29.2 Å². The summed E-state index contributed by atoms with van der Waals surface area (Å²) in [5, 5.41) is 2.58. The first-order chi connectivity index (χ1) is 16.9. The minimum absolute atomic E-state index is 0.166. The summed E-state index contributed by atoms with van der Waals surface area (Å²) >= 11 is 0. The van der Waals surface area contributed by atoms with Crippen LogP contribution in [0.15, 0.2) is 29.5 Å². The summed E-state index contributed by atoms with van der Waals surface area (Å²) in [6, 6.07) is 0. The smallest absolute Gasteiger partial charge is 0.308 e. The molecule has 0 saturated heterocycles. The van der Waals surface area contributed by atoms with Crippen molar-refractivity contribution in [2.45, 2.75) is 122 Å². The Hall–Kier alpha value is -1.34. The number of carbonyl (C=O) groups excluding carboxylic acids is 1. The molecule has 202 valence electrons. The lowest BCUT2D eigenvalue weighted by atomic mass is 10.0. The van der Waals surface area contributed by atoms with Gasteiger partial charge in [0.1, 0.15) is 12.6 Å². The van der Waals surface area contributed by atoms with Gasteiger partial charge in [-0.25, -0.2) is 0 Å². The molecule has 0 aliphatic carbocycles. The maximum atomic E-state index is 12.4. The minimum atomic E-state index is -4.65. The van der Waals surface area contributed by atoms with Gasteiger partial charge < -0.3 is 18.7 Å². The Labute approximate surface area is 211 Å². The first-order valence-corrected chi connectivity index (χ1v) is 14.8. The van der Waals surface area contributed by atoms with Crippen LogP contribution in [0, 0.1) is 4.91 Å². The Morgan fingerprint density at radius 3 is 2.17 bits per heavy atom. The molecule has 0 aromatic heterocycles. The van der Waals surface area contributed by atoms with E-state index in [2.05, 4.69) is 27.9 Å². The van der Waals surface area contributed by atoms with Crippen LogP contribution in [0.1, 0.15) is 110 Å². The second kappa shape index (κ2) is 20.8. The molecule has 9 heteroatoms. The number of phosphoric ester groups is 1. The molecule has 0 aromatic carbocycles. The number of rotatable bonds is 6. The fourth-order valence-corrected chi connectivity index (χ4v) is 4.89. The van der Waals surface area contributed by atoms with Crippen molar-refractivity contribution < 1.29 is 28.0 Å². The maximum Gasteiger partial charge on any atom is 0.308 e. The zero-order chi connectivity index (χ0) is 25.6. The molecule has 1 unspecified atom stereocenters. The van der Waals surface area contributed by atoms with Gasteiger partial charge in [0.25, 0.3) is 7.82 Å². The van der Waals surface area contributed by atoms with E-state index in [1.165, 1.54) is 38.5 Å². The molecule has 0 radical (unpaired) electrons. The molecule has 1 rings (SSSR count). The summed E-state index contributed by atoms with van der Waals surface area (Å²) in [5.74, 6) is -0.497. The lowest BCUT2D eigenvalue weighted by molar-refractivity contribution is -0.229.